The first-order valence-corrected chi connectivity index (χ1v) is 16.6. The molecule has 0 unspecified atom stereocenters. The molecule has 3 aromatic carbocycles. The summed E-state index contributed by atoms with van der Waals surface area (Å²) in [7, 11) is 0. The number of halogens is 1. The summed E-state index contributed by atoms with van der Waals surface area (Å²) in [5.74, 6) is 1.81. The first-order chi connectivity index (χ1) is 20.5. The number of para-hydroxylation sites is 1. The van der Waals surface area contributed by atoms with Crippen LogP contribution in [-0.4, -0.2) is 81.4 Å². The van der Waals surface area contributed by atoms with E-state index in [1.54, 1.807) is 0 Å². The van der Waals surface area contributed by atoms with Crippen LogP contribution in [0.25, 0.3) is 0 Å². The molecule has 0 aliphatic carbocycles. The number of hydrogen-bond donors (Lipinski definition) is 1. The maximum atomic E-state index is 6.39. The van der Waals surface area contributed by atoms with Gasteiger partial charge in [0, 0.05) is 60.1 Å². The minimum absolute atomic E-state index is 0.544. The summed E-state index contributed by atoms with van der Waals surface area (Å²) >= 11 is 8.22. The summed E-state index contributed by atoms with van der Waals surface area (Å²) in [5, 5.41) is 4.23. The number of hydrogen-bond acceptors (Lipinski definition) is 7. The Labute approximate surface area is 261 Å². The molecule has 1 fully saturated rings. The van der Waals surface area contributed by atoms with Crippen LogP contribution in [0.4, 0.5) is 11.4 Å². The lowest BCUT2D eigenvalue weighted by Gasteiger charge is -2.36. The van der Waals surface area contributed by atoms with Crippen LogP contribution in [0.1, 0.15) is 33.1 Å². The number of anilines is 2. The van der Waals surface area contributed by atoms with E-state index in [-0.39, 0.29) is 0 Å². The van der Waals surface area contributed by atoms with Crippen LogP contribution >= 0.6 is 23.4 Å². The first kappa shape index (κ1) is 31.0. The van der Waals surface area contributed by atoms with E-state index in [1.165, 1.54) is 21.2 Å². The predicted octanol–water partition coefficient (Wildman–Crippen LogP) is 7.19. The van der Waals surface area contributed by atoms with E-state index in [0.717, 1.165) is 94.7 Å². The molecular formula is C34H45ClN4O2S. The second kappa shape index (κ2) is 15.9. The Hall–Kier alpha value is -2.42. The summed E-state index contributed by atoms with van der Waals surface area (Å²) in [6, 6.07) is 23.5. The molecule has 226 valence electrons. The van der Waals surface area contributed by atoms with Crippen molar-refractivity contribution < 1.29 is 9.47 Å². The molecule has 2 aliphatic rings. The van der Waals surface area contributed by atoms with Crippen molar-refractivity contribution in [3.8, 4) is 11.5 Å². The average Bonchev–Trinajstić information content (AvgIpc) is 3.00. The van der Waals surface area contributed by atoms with E-state index >= 15 is 0 Å². The number of nitrogens with one attached hydrogen (secondary N) is 1. The highest BCUT2D eigenvalue weighted by Gasteiger charge is 2.24. The van der Waals surface area contributed by atoms with E-state index in [2.05, 4.69) is 70.3 Å². The third kappa shape index (κ3) is 9.04. The van der Waals surface area contributed by atoms with Crippen molar-refractivity contribution >= 4 is 34.7 Å². The lowest BCUT2D eigenvalue weighted by Crippen LogP contribution is -2.47. The molecule has 6 nitrogen and oxygen atoms in total. The Bertz CT molecular complexity index is 1250. The molecule has 0 amide bonds. The van der Waals surface area contributed by atoms with Gasteiger partial charge >= 0.3 is 0 Å². The van der Waals surface area contributed by atoms with Gasteiger partial charge in [0.15, 0.2) is 0 Å². The van der Waals surface area contributed by atoms with Gasteiger partial charge < -0.3 is 24.6 Å². The first-order valence-electron chi connectivity index (χ1n) is 15.4. The van der Waals surface area contributed by atoms with Crippen LogP contribution in [0.3, 0.4) is 0 Å². The number of fused-ring (bicyclic) bond motifs is 2. The van der Waals surface area contributed by atoms with Gasteiger partial charge in [0.2, 0.25) is 0 Å². The zero-order valence-corrected chi connectivity index (χ0v) is 26.6. The van der Waals surface area contributed by atoms with E-state index in [0.29, 0.717) is 12.6 Å². The molecule has 0 atom stereocenters. The lowest BCUT2D eigenvalue weighted by molar-refractivity contribution is 0.116. The smallest absolute Gasteiger partial charge is 0.119 e. The number of benzene rings is 3. The molecule has 2 heterocycles. The summed E-state index contributed by atoms with van der Waals surface area (Å²) in [6.45, 7) is 14.3. The molecule has 1 saturated heterocycles. The fourth-order valence-corrected chi connectivity index (χ4v) is 6.71. The van der Waals surface area contributed by atoms with Crippen LogP contribution in [-0.2, 0) is 0 Å². The largest absolute Gasteiger partial charge is 0.494 e. The van der Waals surface area contributed by atoms with Gasteiger partial charge in [-0.3, -0.25) is 4.90 Å². The van der Waals surface area contributed by atoms with Crippen LogP contribution in [0.15, 0.2) is 76.5 Å². The molecule has 0 radical (unpaired) electrons. The molecule has 5 rings (SSSR count). The summed E-state index contributed by atoms with van der Waals surface area (Å²) in [4.78, 5) is 10.2. The minimum Gasteiger partial charge on any atom is -0.494 e. The van der Waals surface area contributed by atoms with Gasteiger partial charge in [0.1, 0.15) is 18.1 Å². The predicted molar refractivity (Wildman–Crippen MR) is 176 cm³/mol. The zero-order valence-electron chi connectivity index (χ0n) is 25.1. The lowest BCUT2D eigenvalue weighted by atomic mass is 10.2. The van der Waals surface area contributed by atoms with Crippen LogP contribution < -0.4 is 19.7 Å². The van der Waals surface area contributed by atoms with Gasteiger partial charge in [0.25, 0.3) is 0 Å². The topological polar surface area (TPSA) is 40.2 Å². The van der Waals surface area contributed by atoms with Gasteiger partial charge in [-0.25, -0.2) is 0 Å². The summed E-state index contributed by atoms with van der Waals surface area (Å²) in [6.07, 6.45) is 3.30. The van der Waals surface area contributed by atoms with E-state index in [9.17, 15) is 0 Å². The molecule has 2 aliphatic heterocycles. The third-order valence-electron chi connectivity index (χ3n) is 7.80. The van der Waals surface area contributed by atoms with E-state index in [1.807, 2.05) is 42.1 Å². The van der Waals surface area contributed by atoms with E-state index in [4.69, 9.17) is 21.1 Å². The summed E-state index contributed by atoms with van der Waals surface area (Å²) < 4.78 is 11.9. The zero-order chi connectivity index (χ0) is 29.1. The maximum absolute atomic E-state index is 6.39. The molecule has 0 saturated carbocycles. The van der Waals surface area contributed by atoms with Crippen molar-refractivity contribution in [2.75, 3.05) is 70.5 Å². The Balaban J connectivity index is 0.973. The number of rotatable bonds is 15. The highest BCUT2D eigenvalue weighted by molar-refractivity contribution is 7.99. The van der Waals surface area contributed by atoms with Crippen molar-refractivity contribution in [1.82, 2.24) is 15.1 Å². The Morgan fingerprint density at radius 2 is 1.40 bits per heavy atom. The van der Waals surface area contributed by atoms with Crippen molar-refractivity contribution in [2.45, 2.75) is 48.9 Å². The molecule has 42 heavy (non-hydrogen) atoms. The molecule has 1 N–H and O–H groups in total. The van der Waals surface area contributed by atoms with Crippen molar-refractivity contribution in [2.24, 2.45) is 0 Å². The average molecular weight is 609 g/mol. The standard InChI is InChI=1S/C34H45ClN4O2S/c1-27(2)36-16-5-6-24-40-29-11-13-30(14-12-29)41-25-23-38-21-19-37(20-22-38)17-7-18-39-31-8-3-4-9-33(31)42-34-15-10-28(35)26-32(34)39/h3-4,8-15,26-27,36H,5-7,16-25H2,1-2H3. The molecule has 3 aromatic rings. The highest BCUT2D eigenvalue weighted by Crippen LogP contribution is 2.48. The van der Waals surface area contributed by atoms with Gasteiger partial charge in [-0.1, -0.05) is 49.3 Å². The van der Waals surface area contributed by atoms with Crippen LogP contribution in [0.2, 0.25) is 5.02 Å². The van der Waals surface area contributed by atoms with Crippen molar-refractivity contribution in [1.29, 1.82) is 0 Å². The van der Waals surface area contributed by atoms with Crippen LogP contribution in [0.5, 0.6) is 11.5 Å². The number of unbranched alkanes of at least 4 members (excludes halogenated alkanes) is 1. The Morgan fingerprint density at radius 1 is 0.738 bits per heavy atom. The second-order valence-corrected chi connectivity index (χ2v) is 12.9. The normalized spacial score (nSPS) is 15.5. The number of piperazine rings is 1. The van der Waals surface area contributed by atoms with Gasteiger partial charge in [0.05, 0.1) is 18.0 Å². The SMILES string of the molecule is CC(C)NCCCCOc1ccc(OCCN2CCN(CCCN3c4ccccc4Sc4ccc(Cl)cc43)CC2)cc1. The Kier molecular flexibility index (Phi) is 11.7. The van der Waals surface area contributed by atoms with Crippen LogP contribution in [0, 0.1) is 0 Å². The fraction of sp³-hybridized carbons (Fsp3) is 0.471. The highest BCUT2D eigenvalue weighted by atomic mass is 35.5. The molecule has 0 aromatic heterocycles. The molecule has 0 bridgehead atoms. The molecule has 8 heteroatoms. The second-order valence-electron chi connectivity index (χ2n) is 11.4. The quantitative estimate of drug-likeness (QED) is 0.183. The fourth-order valence-electron chi connectivity index (χ4n) is 5.46. The van der Waals surface area contributed by atoms with Crippen molar-refractivity contribution in [3.05, 3.63) is 71.8 Å². The van der Waals surface area contributed by atoms with Crippen molar-refractivity contribution in [3.63, 3.8) is 0 Å². The van der Waals surface area contributed by atoms with E-state index < -0.39 is 0 Å². The third-order valence-corrected chi connectivity index (χ3v) is 9.17. The molecular weight excluding hydrogens is 564 g/mol. The monoisotopic (exact) mass is 608 g/mol. The molecule has 0 spiro atoms. The minimum atomic E-state index is 0.544. The number of ether oxygens (including phenoxy) is 2. The summed E-state index contributed by atoms with van der Waals surface area (Å²) in [5.41, 5.74) is 2.51. The maximum Gasteiger partial charge on any atom is 0.119 e. The van der Waals surface area contributed by atoms with Gasteiger partial charge in [-0.05, 0) is 86.9 Å². The van der Waals surface area contributed by atoms with Gasteiger partial charge in [-0.2, -0.15) is 0 Å². The Morgan fingerprint density at radius 3 is 2.14 bits per heavy atom. The number of nitrogens with zero attached hydrogens (tertiary/aromatic N) is 3. The van der Waals surface area contributed by atoms with Gasteiger partial charge in [-0.15, -0.1) is 0 Å².